The van der Waals surface area contributed by atoms with Crippen LogP contribution in [0.3, 0.4) is 0 Å². The number of benzene rings is 1. The maximum Gasteiger partial charge on any atom is 0.213 e. The summed E-state index contributed by atoms with van der Waals surface area (Å²) in [6.45, 7) is 0. The summed E-state index contributed by atoms with van der Waals surface area (Å²) in [4.78, 5) is 20.4. The molecule has 1 amide bonds. The van der Waals surface area contributed by atoms with Crippen LogP contribution in [0.15, 0.2) is 18.2 Å². The predicted molar refractivity (Wildman–Crippen MR) is 94.9 cm³/mol. The minimum absolute atomic E-state index is 0.154. The van der Waals surface area contributed by atoms with E-state index in [0.29, 0.717) is 17.7 Å². The Labute approximate surface area is 147 Å². The van der Waals surface area contributed by atoms with E-state index in [1.807, 2.05) is 18.2 Å². The van der Waals surface area contributed by atoms with Gasteiger partial charge in [-0.15, -0.1) is 3.89 Å². The molecule has 1 aromatic carbocycles. The summed E-state index contributed by atoms with van der Waals surface area (Å²) in [6, 6.07) is 5.60. The van der Waals surface area contributed by atoms with Crippen molar-refractivity contribution in [1.82, 2.24) is 19.2 Å². The number of carbonyl (C=O) groups is 1. The number of imidazole rings is 1. The van der Waals surface area contributed by atoms with Crippen LogP contribution in [0.25, 0.3) is 22.6 Å². The second-order valence-corrected chi connectivity index (χ2v) is 7.37. The molecule has 2 aliphatic rings. The van der Waals surface area contributed by atoms with Crippen LogP contribution in [-0.4, -0.2) is 32.6 Å². The highest BCUT2D eigenvalue weighted by Gasteiger charge is 2.44. The molecule has 8 heteroatoms. The van der Waals surface area contributed by atoms with Crippen molar-refractivity contribution < 1.29 is 8.68 Å². The van der Waals surface area contributed by atoms with E-state index < -0.39 is 0 Å². The zero-order chi connectivity index (χ0) is 17.1. The highest BCUT2D eigenvalue weighted by atomic mass is 32.2. The molecule has 2 heterocycles. The standard InChI is InChI=1S/C17H16FN5OS/c1-22(8-24)11-2-3-13-14(7-11)20-17(19-13)16-12-5-9-4-10(9)6-15(12)23(21-16)25-18/h2-3,7-10H,4-6H2,1H3,(H,19,20). The topological polar surface area (TPSA) is 66.8 Å². The van der Waals surface area contributed by atoms with E-state index in [-0.39, 0.29) is 12.3 Å². The fraction of sp³-hybridized carbons (Fsp3) is 0.353. The summed E-state index contributed by atoms with van der Waals surface area (Å²) in [7, 11) is 1.70. The average Bonchev–Trinajstić information content (AvgIpc) is 3.12. The summed E-state index contributed by atoms with van der Waals surface area (Å²) in [5.41, 5.74) is 5.26. The molecule has 2 atom stereocenters. The zero-order valence-electron chi connectivity index (χ0n) is 13.6. The first kappa shape index (κ1) is 14.9. The lowest BCUT2D eigenvalue weighted by Crippen LogP contribution is -2.13. The first-order valence-corrected chi connectivity index (χ1v) is 8.93. The number of nitrogens with zero attached hydrogens (tertiary/aromatic N) is 4. The van der Waals surface area contributed by atoms with Crippen molar-refractivity contribution in [2.24, 2.45) is 11.8 Å². The molecule has 0 saturated heterocycles. The monoisotopic (exact) mass is 357 g/mol. The Bertz CT molecular complexity index is 996. The van der Waals surface area contributed by atoms with Crippen molar-refractivity contribution in [3.8, 4) is 11.5 Å². The number of nitrogens with one attached hydrogen (secondary N) is 1. The number of aromatic nitrogens is 4. The SMILES string of the molecule is CN(C=O)c1ccc2nc(-c3nn(SF)c4c3CC3CC3C4)[nH]c2c1. The van der Waals surface area contributed by atoms with Crippen LogP contribution in [0, 0.1) is 11.8 Å². The smallest absolute Gasteiger partial charge is 0.213 e. The fourth-order valence-corrected chi connectivity index (χ4v) is 4.22. The van der Waals surface area contributed by atoms with E-state index in [1.165, 1.54) is 15.4 Å². The lowest BCUT2D eigenvalue weighted by atomic mass is 9.96. The number of aromatic amines is 1. The molecule has 1 fully saturated rings. The van der Waals surface area contributed by atoms with E-state index >= 15 is 0 Å². The van der Waals surface area contributed by atoms with E-state index in [4.69, 9.17) is 0 Å². The molecule has 25 heavy (non-hydrogen) atoms. The van der Waals surface area contributed by atoms with Gasteiger partial charge >= 0.3 is 0 Å². The van der Waals surface area contributed by atoms with Gasteiger partial charge in [-0.1, -0.05) is 0 Å². The summed E-state index contributed by atoms with van der Waals surface area (Å²) in [5, 5.41) is 4.45. The third-order valence-electron chi connectivity index (χ3n) is 5.37. The minimum atomic E-state index is 0.154. The van der Waals surface area contributed by atoms with Gasteiger partial charge in [0.05, 0.1) is 16.7 Å². The number of H-pyrrole nitrogens is 1. The molecule has 2 unspecified atom stereocenters. The maximum atomic E-state index is 13.3. The van der Waals surface area contributed by atoms with Crippen molar-refractivity contribution in [2.45, 2.75) is 19.3 Å². The van der Waals surface area contributed by atoms with Crippen molar-refractivity contribution in [3.05, 3.63) is 29.5 Å². The molecular weight excluding hydrogens is 341 g/mol. The molecule has 1 N–H and O–H groups in total. The summed E-state index contributed by atoms with van der Waals surface area (Å²) in [5.74, 6) is 2.06. The highest BCUT2D eigenvalue weighted by molar-refractivity contribution is 7.92. The van der Waals surface area contributed by atoms with E-state index in [0.717, 1.165) is 52.9 Å². The number of halogens is 1. The number of rotatable bonds is 4. The van der Waals surface area contributed by atoms with Crippen LogP contribution in [0.2, 0.25) is 0 Å². The Hall–Kier alpha value is -2.35. The third kappa shape index (κ3) is 2.27. The van der Waals surface area contributed by atoms with E-state index in [9.17, 15) is 8.68 Å². The van der Waals surface area contributed by atoms with Crippen molar-refractivity contribution in [1.29, 1.82) is 0 Å². The van der Waals surface area contributed by atoms with Crippen molar-refractivity contribution in [3.63, 3.8) is 0 Å². The molecule has 0 bridgehead atoms. The molecular formula is C17H16FN5OS. The van der Waals surface area contributed by atoms with Gasteiger partial charge in [0.1, 0.15) is 5.69 Å². The number of carbonyl (C=O) groups excluding carboxylic acids is 1. The fourth-order valence-electron chi connectivity index (χ4n) is 3.84. The van der Waals surface area contributed by atoms with Crippen LogP contribution in [0.1, 0.15) is 17.7 Å². The predicted octanol–water partition coefficient (Wildman–Crippen LogP) is 3.13. The second kappa shape index (κ2) is 5.32. The Morgan fingerprint density at radius 1 is 1.40 bits per heavy atom. The lowest BCUT2D eigenvalue weighted by molar-refractivity contribution is -0.107. The first-order chi connectivity index (χ1) is 12.2. The summed E-state index contributed by atoms with van der Waals surface area (Å²) in [6.07, 6.45) is 3.85. The molecule has 0 aliphatic heterocycles. The van der Waals surface area contributed by atoms with Gasteiger partial charge in [0, 0.05) is 18.3 Å². The molecule has 0 spiro atoms. The van der Waals surface area contributed by atoms with Crippen molar-refractivity contribution in [2.75, 3.05) is 11.9 Å². The van der Waals surface area contributed by atoms with Gasteiger partial charge in [0.15, 0.2) is 18.2 Å². The molecule has 2 aromatic heterocycles. The Kier molecular flexibility index (Phi) is 3.18. The number of hydrogen-bond donors (Lipinski definition) is 1. The maximum absolute atomic E-state index is 13.3. The largest absolute Gasteiger partial charge is 0.337 e. The second-order valence-electron chi connectivity index (χ2n) is 6.88. The number of anilines is 1. The van der Waals surface area contributed by atoms with Crippen LogP contribution >= 0.6 is 12.3 Å². The highest BCUT2D eigenvalue weighted by Crippen LogP contribution is 2.50. The van der Waals surface area contributed by atoms with Crippen LogP contribution in [0.5, 0.6) is 0 Å². The normalized spacial score (nSPS) is 21.0. The number of amides is 1. The molecule has 5 rings (SSSR count). The third-order valence-corrected chi connectivity index (χ3v) is 5.80. The molecule has 3 aromatic rings. The van der Waals surface area contributed by atoms with E-state index in [2.05, 4.69) is 15.1 Å². The first-order valence-electron chi connectivity index (χ1n) is 8.26. The van der Waals surface area contributed by atoms with E-state index in [1.54, 1.807) is 7.05 Å². The van der Waals surface area contributed by atoms with Gasteiger partial charge in [-0.25, -0.2) is 4.98 Å². The quantitative estimate of drug-likeness (QED) is 0.729. The number of fused-ring (bicyclic) bond motifs is 3. The zero-order valence-corrected chi connectivity index (χ0v) is 14.4. The average molecular weight is 357 g/mol. The van der Waals surface area contributed by atoms with Gasteiger partial charge < -0.3 is 9.88 Å². The van der Waals surface area contributed by atoms with Crippen molar-refractivity contribution >= 4 is 35.5 Å². The summed E-state index contributed by atoms with van der Waals surface area (Å²) < 4.78 is 14.7. The number of hydrogen-bond acceptors (Lipinski definition) is 4. The molecule has 128 valence electrons. The van der Waals surface area contributed by atoms with Crippen LogP contribution in [0.4, 0.5) is 9.57 Å². The van der Waals surface area contributed by atoms with Crippen LogP contribution < -0.4 is 4.90 Å². The summed E-state index contributed by atoms with van der Waals surface area (Å²) >= 11 is 0.154. The Morgan fingerprint density at radius 3 is 3.04 bits per heavy atom. The lowest BCUT2D eigenvalue weighted by Gasteiger charge is -2.11. The van der Waals surface area contributed by atoms with Gasteiger partial charge in [0.2, 0.25) is 6.41 Å². The Balaban J connectivity index is 1.61. The van der Waals surface area contributed by atoms with Gasteiger partial charge in [-0.05, 0) is 49.3 Å². The minimum Gasteiger partial charge on any atom is -0.337 e. The molecule has 2 aliphatic carbocycles. The van der Waals surface area contributed by atoms with Gasteiger partial charge in [0.25, 0.3) is 0 Å². The molecule has 0 radical (unpaired) electrons. The van der Waals surface area contributed by atoms with Gasteiger partial charge in [-0.3, -0.25) is 4.79 Å². The van der Waals surface area contributed by atoms with Crippen LogP contribution in [-0.2, 0) is 17.6 Å². The van der Waals surface area contributed by atoms with Gasteiger partial charge in [-0.2, -0.15) is 9.19 Å². The molecule has 1 saturated carbocycles. The Morgan fingerprint density at radius 2 is 2.24 bits per heavy atom. The molecule has 6 nitrogen and oxygen atoms in total.